The third kappa shape index (κ3) is 5.63. The second-order valence-corrected chi connectivity index (χ2v) is 15.5. The van der Waals surface area contributed by atoms with Gasteiger partial charge in [-0.1, -0.05) is 152 Å². The highest BCUT2D eigenvalue weighted by Crippen LogP contribution is 2.42. The lowest BCUT2D eigenvalue weighted by atomic mass is 9.98. The molecule has 0 radical (unpaired) electrons. The second kappa shape index (κ2) is 13.5. The van der Waals surface area contributed by atoms with Crippen LogP contribution in [-0.4, -0.2) is 18.4 Å². The first-order valence-electron chi connectivity index (χ1n) is 19.0. The van der Waals surface area contributed by atoms with Crippen LogP contribution in [0.2, 0.25) is 0 Å². The van der Waals surface area contributed by atoms with Gasteiger partial charge in [0.25, 0.3) is 0 Å². The van der Waals surface area contributed by atoms with Crippen molar-refractivity contribution in [2.45, 2.75) is 6.54 Å². The summed E-state index contributed by atoms with van der Waals surface area (Å²) >= 11 is 1.84. The van der Waals surface area contributed by atoms with Gasteiger partial charge in [-0.2, -0.15) is 0 Å². The first kappa shape index (κ1) is 33.2. The van der Waals surface area contributed by atoms with Gasteiger partial charge in [0.1, 0.15) is 11.2 Å². The summed E-state index contributed by atoms with van der Waals surface area (Å²) in [5.74, 6) is 1.07. The number of fused-ring (bicyclic) bond motifs is 11. The molecule has 0 aliphatic heterocycles. The molecule has 4 nitrogen and oxygen atoms in total. The van der Waals surface area contributed by atoms with E-state index in [9.17, 15) is 0 Å². The predicted molar refractivity (Wildman–Crippen MR) is 244 cm³/mol. The smallest absolute Gasteiger partial charge is 0.161 e. The number of rotatable bonds is 5. The Bertz CT molecular complexity index is 3460. The lowest BCUT2D eigenvalue weighted by Crippen LogP contribution is -2.06. The highest BCUT2D eigenvalue weighted by atomic mass is 32.1. The molecule has 57 heavy (non-hydrogen) atoms. The molecule has 0 aliphatic rings. The van der Waals surface area contributed by atoms with E-state index >= 15 is 0 Å². The molecule has 0 fully saturated rings. The summed E-state index contributed by atoms with van der Waals surface area (Å²) in [5, 5.41) is 11.8. The van der Waals surface area contributed by atoms with E-state index in [1.807, 2.05) is 47.7 Å². The van der Waals surface area contributed by atoms with Gasteiger partial charge < -0.3 is 4.42 Å². The molecule has 0 saturated carbocycles. The van der Waals surface area contributed by atoms with Crippen molar-refractivity contribution in [3.8, 4) is 11.1 Å². The Labute approximate surface area is 332 Å². The van der Waals surface area contributed by atoms with E-state index < -0.39 is 0 Å². The fourth-order valence-corrected chi connectivity index (χ4v) is 9.51. The van der Waals surface area contributed by atoms with Crippen molar-refractivity contribution < 1.29 is 4.42 Å². The zero-order valence-electron chi connectivity index (χ0n) is 30.8. The van der Waals surface area contributed by atoms with Gasteiger partial charge in [-0.3, -0.25) is 4.99 Å². The Kier molecular flexibility index (Phi) is 7.86. The van der Waals surface area contributed by atoms with E-state index in [0.29, 0.717) is 18.2 Å². The van der Waals surface area contributed by atoms with E-state index in [1.165, 1.54) is 47.1 Å². The van der Waals surface area contributed by atoms with Crippen LogP contribution >= 0.6 is 11.3 Å². The number of hydrogen-bond acceptors (Lipinski definition) is 3. The number of furan rings is 1. The highest BCUT2D eigenvalue weighted by Gasteiger charge is 2.19. The van der Waals surface area contributed by atoms with Crippen LogP contribution in [0.1, 0.15) is 16.7 Å². The summed E-state index contributed by atoms with van der Waals surface area (Å²) in [7, 11) is 0. The van der Waals surface area contributed by atoms with E-state index in [1.54, 1.807) is 0 Å². The van der Waals surface area contributed by atoms with Crippen molar-refractivity contribution in [1.82, 2.24) is 0 Å². The lowest BCUT2D eigenvalue weighted by Gasteiger charge is -2.09. The summed E-state index contributed by atoms with van der Waals surface area (Å²) in [4.78, 5) is 14.9. The molecule has 0 unspecified atom stereocenters. The minimum absolute atomic E-state index is 0.475. The Balaban J connectivity index is 1.05. The monoisotopic (exact) mass is 747 g/mol. The summed E-state index contributed by atoms with van der Waals surface area (Å²) in [6.07, 6.45) is 0. The minimum atomic E-state index is 0.475. The van der Waals surface area contributed by atoms with Gasteiger partial charge in [0, 0.05) is 47.6 Å². The average Bonchev–Trinajstić information content (AvgIpc) is 3.85. The number of para-hydroxylation sites is 1. The summed E-state index contributed by atoms with van der Waals surface area (Å²) < 4.78 is 9.28. The van der Waals surface area contributed by atoms with Crippen molar-refractivity contribution >= 4 is 104 Å². The molecule has 0 atom stereocenters. The van der Waals surface area contributed by atoms with E-state index in [0.717, 1.165) is 55.1 Å². The molecule has 0 spiro atoms. The third-order valence-electron chi connectivity index (χ3n) is 11.1. The summed E-state index contributed by atoms with van der Waals surface area (Å²) in [5.41, 5.74) is 6.59. The lowest BCUT2D eigenvalue weighted by molar-refractivity contribution is 0.670. The number of nitrogens with zero attached hydrogens (tertiary/aromatic N) is 3. The quantitative estimate of drug-likeness (QED) is 0.0982. The second-order valence-electron chi connectivity index (χ2n) is 14.4. The third-order valence-corrected chi connectivity index (χ3v) is 12.2. The Morgan fingerprint density at radius 1 is 0.526 bits per heavy atom. The average molecular weight is 748 g/mol. The van der Waals surface area contributed by atoms with Crippen LogP contribution in [0.4, 0.5) is 0 Å². The molecule has 9 aromatic carbocycles. The maximum Gasteiger partial charge on any atom is 0.161 e. The Morgan fingerprint density at radius 3 is 2.12 bits per heavy atom. The van der Waals surface area contributed by atoms with Gasteiger partial charge in [-0.15, -0.1) is 11.3 Å². The van der Waals surface area contributed by atoms with Crippen LogP contribution in [0.25, 0.3) is 85.6 Å². The zero-order valence-corrected chi connectivity index (χ0v) is 31.6. The molecule has 2 heterocycles. The standard InChI is InChI=1S/C52H33N3OS/c1-53-52(55-51(54-31-32-11-3-2-4-12-32)37-24-26-39-35(29-37)22-21-33-13-5-7-15-38(33)39)44-19-10-20-45-48(44)43-18-9-17-41(50(43)56-45)36-23-27-42-47(30-36)57-46-28-25-34-14-6-8-16-40(34)49(42)46/h2-30H,1,31H2. The summed E-state index contributed by atoms with van der Waals surface area (Å²) in [6.45, 7) is 4.50. The molecule has 0 amide bonds. The van der Waals surface area contributed by atoms with Crippen molar-refractivity contribution in [3.63, 3.8) is 0 Å². The van der Waals surface area contributed by atoms with E-state index in [2.05, 4.69) is 151 Å². The van der Waals surface area contributed by atoms with Crippen molar-refractivity contribution in [2.75, 3.05) is 0 Å². The highest BCUT2D eigenvalue weighted by molar-refractivity contribution is 7.26. The number of benzene rings is 9. The number of thiophene rings is 1. The largest absolute Gasteiger partial charge is 0.455 e. The van der Waals surface area contributed by atoms with Crippen LogP contribution in [0.5, 0.6) is 0 Å². The molecule has 2 aromatic heterocycles. The van der Waals surface area contributed by atoms with Crippen molar-refractivity contribution in [1.29, 1.82) is 0 Å². The molecule has 11 aromatic rings. The number of aliphatic imine (C=N–C) groups is 3. The maximum absolute atomic E-state index is 6.74. The molecular formula is C52H33N3OS. The first-order valence-corrected chi connectivity index (χ1v) is 19.9. The zero-order chi connectivity index (χ0) is 37.9. The van der Waals surface area contributed by atoms with Crippen LogP contribution in [0, 0.1) is 0 Å². The van der Waals surface area contributed by atoms with Crippen LogP contribution in [-0.2, 0) is 6.54 Å². The number of hydrogen-bond donors (Lipinski definition) is 0. The maximum atomic E-state index is 6.74. The van der Waals surface area contributed by atoms with Gasteiger partial charge in [0.05, 0.1) is 6.54 Å². The first-order chi connectivity index (χ1) is 28.2. The Hall–Kier alpha value is -7.21. The molecule has 0 bridgehead atoms. The van der Waals surface area contributed by atoms with Gasteiger partial charge in [0.2, 0.25) is 0 Å². The molecule has 268 valence electrons. The van der Waals surface area contributed by atoms with Gasteiger partial charge in [-0.05, 0) is 74.4 Å². The number of amidine groups is 2. The molecule has 5 heteroatoms. The molecular weight excluding hydrogens is 715 g/mol. The summed E-state index contributed by atoms with van der Waals surface area (Å²) in [6, 6.07) is 61.9. The van der Waals surface area contributed by atoms with Crippen molar-refractivity contribution in [3.05, 3.63) is 193 Å². The molecule has 0 saturated heterocycles. The normalized spacial score (nSPS) is 12.6. The fraction of sp³-hybridized carbons (Fsp3) is 0.0192. The molecule has 0 aliphatic carbocycles. The topological polar surface area (TPSA) is 50.2 Å². The SMILES string of the molecule is C=NC(=NC(=NCc1ccccc1)c1ccc2c(ccc3ccccc32)c1)c1cccc2oc3c(-c4ccc5c(c4)sc4ccc6ccccc6c45)cccc3c12. The molecule has 0 N–H and O–H groups in total. The van der Waals surface area contributed by atoms with Gasteiger partial charge in [-0.25, -0.2) is 9.98 Å². The van der Waals surface area contributed by atoms with Gasteiger partial charge >= 0.3 is 0 Å². The predicted octanol–water partition coefficient (Wildman–Crippen LogP) is 14.2. The van der Waals surface area contributed by atoms with E-state index in [-0.39, 0.29) is 0 Å². The fourth-order valence-electron chi connectivity index (χ4n) is 8.35. The van der Waals surface area contributed by atoms with Crippen LogP contribution in [0.15, 0.2) is 195 Å². The van der Waals surface area contributed by atoms with Gasteiger partial charge in [0.15, 0.2) is 11.7 Å². The minimum Gasteiger partial charge on any atom is -0.455 e. The van der Waals surface area contributed by atoms with E-state index in [4.69, 9.17) is 14.4 Å². The van der Waals surface area contributed by atoms with Crippen LogP contribution in [0.3, 0.4) is 0 Å². The molecule has 11 rings (SSSR count). The van der Waals surface area contributed by atoms with Crippen molar-refractivity contribution in [2.24, 2.45) is 15.0 Å². The van der Waals surface area contributed by atoms with Crippen LogP contribution < -0.4 is 0 Å². The Morgan fingerprint density at radius 2 is 1.25 bits per heavy atom.